The molecule has 2 heterocycles. The van der Waals surface area contributed by atoms with Crippen molar-refractivity contribution in [2.24, 2.45) is 0 Å². The number of carbonyl (C=O) groups is 2. The topological polar surface area (TPSA) is 124 Å². The summed E-state index contributed by atoms with van der Waals surface area (Å²) < 4.78 is 32.4. The van der Waals surface area contributed by atoms with Gasteiger partial charge in [0.25, 0.3) is 11.8 Å². The number of aromatic amines is 1. The number of carbonyl (C=O) groups excluding carboxylic acids is 2. The zero-order valence-electron chi connectivity index (χ0n) is 20.0. The summed E-state index contributed by atoms with van der Waals surface area (Å²) in [6.07, 6.45) is 1.49. The van der Waals surface area contributed by atoms with Crippen LogP contribution in [0.1, 0.15) is 38.4 Å². The third-order valence-electron chi connectivity index (χ3n) is 6.38. The van der Waals surface area contributed by atoms with Crippen molar-refractivity contribution in [1.82, 2.24) is 20.5 Å². The van der Waals surface area contributed by atoms with Crippen LogP contribution in [0.15, 0.2) is 59.5 Å². The van der Waals surface area contributed by atoms with Crippen molar-refractivity contribution >= 4 is 11.8 Å². The fourth-order valence-corrected chi connectivity index (χ4v) is 4.09. The molecule has 1 saturated heterocycles. The van der Waals surface area contributed by atoms with Gasteiger partial charge in [-0.25, -0.2) is 8.78 Å². The van der Waals surface area contributed by atoms with E-state index in [0.29, 0.717) is 25.6 Å². The fourth-order valence-electron chi connectivity index (χ4n) is 4.09. The molecule has 0 aliphatic carbocycles. The van der Waals surface area contributed by atoms with E-state index in [2.05, 4.69) is 15.6 Å². The largest absolute Gasteiger partial charge is 0.503 e. The number of hydrogen-bond donors (Lipinski definition) is 4. The molecule has 4 rings (SSSR count). The molecule has 11 heteroatoms. The number of aromatic hydroxyl groups is 1. The number of benzene rings is 2. The second-order valence-corrected chi connectivity index (χ2v) is 8.71. The molecule has 0 radical (unpaired) electrons. The predicted molar refractivity (Wildman–Crippen MR) is 130 cm³/mol. The molecule has 1 atom stereocenters. The van der Waals surface area contributed by atoms with Crippen LogP contribution in [0.3, 0.4) is 0 Å². The van der Waals surface area contributed by atoms with Gasteiger partial charge in [0.15, 0.2) is 11.4 Å². The smallest absolute Gasteiger partial charge is 0.275 e. The van der Waals surface area contributed by atoms with E-state index in [-0.39, 0.29) is 24.4 Å². The SMILES string of the molecule is CN(C(=O)c1[nH]cc(C(=O)NCc2ccc(F)cc2F)c(=O)c1O)C1(NCc2ccccc2)CCOC1. The van der Waals surface area contributed by atoms with Gasteiger partial charge in [0.05, 0.1) is 13.2 Å². The van der Waals surface area contributed by atoms with Crippen LogP contribution in [-0.2, 0) is 17.8 Å². The Balaban J connectivity index is 1.50. The molecule has 1 aliphatic heterocycles. The van der Waals surface area contributed by atoms with Crippen LogP contribution in [0.4, 0.5) is 8.78 Å². The number of halogens is 2. The van der Waals surface area contributed by atoms with Gasteiger partial charge in [0, 0.05) is 44.4 Å². The van der Waals surface area contributed by atoms with E-state index < -0.39 is 45.9 Å². The molecular weight excluding hydrogens is 486 g/mol. The maximum absolute atomic E-state index is 13.8. The Labute approximate surface area is 211 Å². The molecule has 0 spiro atoms. The molecule has 1 aromatic heterocycles. The van der Waals surface area contributed by atoms with Gasteiger partial charge in [0.2, 0.25) is 5.43 Å². The van der Waals surface area contributed by atoms with Crippen LogP contribution in [0.2, 0.25) is 0 Å². The molecule has 2 aromatic carbocycles. The third kappa shape index (κ3) is 5.52. The summed E-state index contributed by atoms with van der Waals surface area (Å²) in [4.78, 5) is 42.4. The number of rotatable bonds is 8. The minimum Gasteiger partial charge on any atom is -0.503 e. The lowest BCUT2D eigenvalue weighted by Gasteiger charge is -2.38. The van der Waals surface area contributed by atoms with Crippen LogP contribution in [0.25, 0.3) is 0 Å². The lowest BCUT2D eigenvalue weighted by atomic mass is 10.1. The van der Waals surface area contributed by atoms with Gasteiger partial charge in [-0.05, 0) is 11.6 Å². The van der Waals surface area contributed by atoms with Gasteiger partial charge in [-0.15, -0.1) is 0 Å². The second kappa shape index (κ2) is 10.9. The molecule has 4 N–H and O–H groups in total. The molecule has 194 valence electrons. The number of hydrogen-bond acceptors (Lipinski definition) is 6. The van der Waals surface area contributed by atoms with Crippen LogP contribution >= 0.6 is 0 Å². The van der Waals surface area contributed by atoms with Crippen LogP contribution in [-0.4, -0.2) is 52.7 Å². The average molecular weight is 513 g/mol. The minimum atomic E-state index is -1.07. The Morgan fingerprint density at radius 1 is 1.16 bits per heavy atom. The summed E-state index contributed by atoms with van der Waals surface area (Å²) in [6.45, 7) is 0.755. The van der Waals surface area contributed by atoms with Crippen molar-refractivity contribution in [3.05, 3.63) is 99.0 Å². The summed E-state index contributed by atoms with van der Waals surface area (Å²) >= 11 is 0. The zero-order chi connectivity index (χ0) is 26.6. The Hall–Kier alpha value is -4.09. The molecule has 1 unspecified atom stereocenters. The maximum Gasteiger partial charge on any atom is 0.275 e. The van der Waals surface area contributed by atoms with Gasteiger partial charge in [-0.2, -0.15) is 0 Å². The van der Waals surface area contributed by atoms with E-state index in [1.165, 1.54) is 18.0 Å². The molecule has 1 aliphatic rings. The molecule has 3 aromatic rings. The lowest BCUT2D eigenvalue weighted by Crippen LogP contribution is -2.60. The Bertz CT molecular complexity index is 1360. The Morgan fingerprint density at radius 2 is 1.92 bits per heavy atom. The standard InChI is InChI=1S/C26H26F2N4O5/c1-32(26(9-10-37-15-26)31-12-16-5-3-2-4-6-16)25(36)21-23(34)22(33)19(14-29-21)24(35)30-13-17-7-8-18(27)11-20(17)28/h2-8,11,14,31,34H,9-10,12-13,15H2,1H3,(H,29,33)(H,30,35). The van der Waals surface area contributed by atoms with Crippen molar-refractivity contribution in [2.75, 3.05) is 20.3 Å². The van der Waals surface area contributed by atoms with E-state index in [4.69, 9.17) is 4.74 Å². The van der Waals surface area contributed by atoms with Gasteiger partial charge < -0.3 is 25.0 Å². The number of aromatic nitrogens is 1. The normalized spacial score (nSPS) is 16.9. The van der Waals surface area contributed by atoms with Gasteiger partial charge in [-0.1, -0.05) is 36.4 Å². The van der Waals surface area contributed by atoms with Crippen molar-refractivity contribution in [3.8, 4) is 5.75 Å². The van der Waals surface area contributed by atoms with E-state index in [0.717, 1.165) is 17.8 Å². The molecule has 0 saturated carbocycles. The third-order valence-corrected chi connectivity index (χ3v) is 6.38. The quantitative estimate of drug-likeness (QED) is 0.344. The maximum atomic E-state index is 13.8. The van der Waals surface area contributed by atoms with Crippen LogP contribution < -0.4 is 16.1 Å². The van der Waals surface area contributed by atoms with E-state index >= 15 is 0 Å². The van der Waals surface area contributed by atoms with Crippen molar-refractivity contribution in [2.45, 2.75) is 25.2 Å². The van der Waals surface area contributed by atoms with E-state index in [9.17, 15) is 28.3 Å². The molecular formula is C26H26F2N4O5. The van der Waals surface area contributed by atoms with Crippen molar-refractivity contribution < 1.29 is 28.2 Å². The van der Waals surface area contributed by atoms with Crippen LogP contribution in [0.5, 0.6) is 5.75 Å². The highest BCUT2D eigenvalue weighted by molar-refractivity contribution is 5.98. The first-order valence-corrected chi connectivity index (χ1v) is 11.5. The Morgan fingerprint density at radius 3 is 2.59 bits per heavy atom. The van der Waals surface area contributed by atoms with Gasteiger partial charge in [-0.3, -0.25) is 19.7 Å². The number of amides is 2. The highest BCUT2D eigenvalue weighted by Gasteiger charge is 2.42. The van der Waals surface area contributed by atoms with E-state index in [1.807, 2.05) is 30.3 Å². The zero-order valence-corrected chi connectivity index (χ0v) is 20.0. The number of ether oxygens (including phenoxy) is 1. The minimum absolute atomic E-state index is 0.0101. The molecule has 0 bridgehead atoms. The average Bonchev–Trinajstić information content (AvgIpc) is 3.38. The number of nitrogens with one attached hydrogen (secondary N) is 3. The molecule has 9 nitrogen and oxygen atoms in total. The summed E-state index contributed by atoms with van der Waals surface area (Å²) in [5, 5.41) is 16.2. The summed E-state index contributed by atoms with van der Waals surface area (Å²) in [7, 11) is 1.53. The van der Waals surface area contributed by atoms with E-state index in [1.54, 1.807) is 0 Å². The summed E-state index contributed by atoms with van der Waals surface area (Å²) in [5.41, 5.74) is -1.80. The predicted octanol–water partition coefficient (Wildman–Crippen LogP) is 2.27. The molecule has 2 amide bonds. The molecule has 1 fully saturated rings. The highest BCUT2D eigenvalue weighted by atomic mass is 19.1. The number of pyridine rings is 1. The van der Waals surface area contributed by atoms with Crippen LogP contribution in [0, 0.1) is 11.6 Å². The highest BCUT2D eigenvalue weighted by Crippen LogP contribution is 2.26. The number of nitrogens with zero attached hydrogens (tertiary/aromatic N) is 1. The first-order valence-electron chi connectivity index (χ1n) is 11.5. The van der Waals surface area contributed by atoms with Crippen molar-refractivity contribution in [3.63, 3.8) is 0 Å². The monoisotopic (exact) mass is 512 g/mol. The summed E-state index contributed by atoms with van der Waals surface area (Å²) in [6, 6.07) is 12.5. The lowest BCUT2D eigenvalue weighted by molar-refractivity contribution is 0.0377. The number of likely N-dealkylation sites (N-methyl/N-ethyl adjacent to an activating group) is 1. The Kier molecular flexibility index (Phi) is 7.65. The molecule has 37 heavy (non-hydrogen) atoms. The summed E-state index contributed by atoms with van der Waals surface area (Å²) in [5.74, 6) is -4.12. The first kappa shape index (κ1) is 26.0. The van der Waals surface area contributed by atoms with Gasteiger partial charge in [0.1, 0.15) is 22.9 Å². The van der Waals surface area contributed by atoms with Crippen molar-refractivity contribution in [1.29, 1.82) is 0 Å². The van der Waals surface area contributed by atoms with Gasteiger partial charge >= 0.3 is 0 Å². The first-order chi connectivity index (χ1) is 17.7. The number of H-pyrrole nitrogens is 1. The second-order valence-electron chi connectivity index (χ2n) is 8.71. The fraction of sp³-hybridized carbons (Fsp3) is 0.269.